The number of nitrogens with zero attached hydrogens (tertiary/aromatic N) is 1. The summed E-state index contributed by atoms with van der Waals surface area (Å²) in [4.78, 5) is 2.26. The van der Waals surface area contributed by atoms with Gasteiger partial charge in [0.05, 0.1) is 12.2 Å². The van der Waals surface area contributed by atoms with Gasteiger partial charge in [-0.15, -0.1) is 0 Å². The number of benzene rings is 1. The molecule has 2 aliphatic carbocycles. The van der Waals surface area contributed by atoms with E-state index in [4.69, 9.17) is 0 Å². The van der Waals surface area contributed by atoms with Crippen LogP contribution in [0.3, 0.4) is 0 Å². The van der Waals surface area contributed by atoms with Gasteiger partial charge in [-0.25, -0.2) is 0 Å². The first-order chi connectivity index (χ1) is 14.0. The van der Waals surface area contributed by atoms with E-state index in [-0.39, 0.29) is 12.0 Å². The molecule has 1 aromatic carbocycles. The molecule has 3 nitrogen and oxygen atoms in total. The van der Waals surface area contributed by atoms with E-state index in [1.165, 1.54) is 37.8 Å². The Balaban J connectivity index is 1.42. The van der Waals surface area contributed by atoms with Gasteiger partial charge in [-0.05, 0) is 83.0 Å². The van der Waals surface area contributed by atoms with Crippen LogP contribution in [0.2, 0.25) is 0 Å². The van der Waals surface area contributed by atoms with E-state index in [9.17, 15) is 10.2 Å². The monoisotopic (exact) mass is 397 g/mol. The van der Waals surface area contributed by atoms with Gasteiger partial charge in [0.2, 0.25) is 0 Å². The fourth-order valence-electron chi connectivity index (χ4n) is 5.06. The van der Waals surface area contributed by atoms with E-state index >= 15 is 0 Å². The Hall–Kier alpha value is -1.42. The third kappa shape index (κ3) is 6.80. The molecular weight excluding hydrogens is 358 g/mol. The SMILES string of the molecule is CN(C)CCCCCC1=C[C@H]2C[C@@H](O)[C@H](C=C[C@H](O)CCc3ccccc3)[C@H]2C1. The lowest BCUT2D eigenvalue weighted by molar-refractivity contribution is 0.139. The summed E-state index contributed by atoms with van der Waals surface area (Å²) in [5, 5.41) is 20.9. The predicted molar refractivity (Wildman–Crippen MR) is 121 cm³/mol. The number of hydrogen-bond acceptors (Lipinski definition) is 3. The molecule has 1 fully saturated rings. The molecular formula is C26H39NO2. The summed E-state index contributed by atoms with van der Waals surface area (Å²) in [6.07, 6.45) is 14.5. The molecule has 160 valence electrons. The maximum Gasteiger partial charge on any atom is 0.0724 e. The molecule has 0 heterocycles. The second-order valence-electron chi connectivity index (χ2n) is 9.33. The van der Waals surface area contributed by atoms with E-state index in [0.717, 1.165) is 25.7 Å². The van der Waals surface area contributed by atoms with Crippen molar-refractivity contribution in [1.29, 1.82) is 0 Å². The van der Waals surface area contributed by atoms with Gasteiger partial charge in [0.1, 0.15) is 0 Å². The second-order valence-corrected chi connectivity index (χ2v) is 9.33. The molecule has 0 radical (unpaired) electrons. The lowest BCUT2D eigenvalue weighted by Gasteiger charge is -2.19. The Kier molecular flexibility index (Phi) is 8.53. The van der Waals surface area contributed by atoms with Crippen LogP contribution in [0.5, 0.6) is 0 Å². The van der Waals surface area contributed by atoms with Gasteiger partial charge >= 0.3 is 0 Å². The molecule has 5 atom stereocenters. The lowest BCUT2D eigenvalue weighted by Crippen LogP contribution is -2.18. The summed E-state index contributed by atoms with van der Waals surface area (Å²) in [7, 11) is 4.27. The van der Waals surface area contributed by atoms with E-state index in [0.29, 0.717) is 11.8 Å². The molecule has 1 aromatic rings. The van der Waals surface area contributed by atoms with Crippen LogP contribution in [0.4, 0.5) is 0 Å². The number of rotatable bonds is 11. The minimum atomic E-state index is -0.438. The van der Waals surface area contributed by atoms with Crippen molar-refractivity contribution in [2.75, 3.05) is 20.6 Å². The van der Waals surface area contributed by atoms with Crippen LogP contribution in [-0.4, -0.2) is 48.0 Å². The molecule has 3 heteroatoms. The molecule has 0 spiro atoms. The maximum atomic E-state index is 10.5. The van der Waals surface area contributed by atoms with E-state index in [2.05, 4.69) is 43.3 Å². The van der Waals surface area contributed by atoms with Crippen LogP contribution in [0.25, 0.3) is 0 Å². The third-order valence-corrected chi connectivity index (χ3v) is 6.68. The standard InChI is InChI=1S/C26H39NO2/c1-27(2)16-8-4-7-11-21-17-22-19-26(29)24(25(22)18-21)15-14-23(28)13-12-20-9-5-3-6-10-20/h3,5-6,9-10,14-15,17,22-26,28-29H,4,7-8,11-13,16,18-19H2,1-2H3/t22-,23+,24+,25-,26+/m0/s1. The summed E-state index contributed by atoms with van der Waals surface area (Å²) >= 11 is 0. The molecule has 0 bridgehead atoms. The number of allylic oxidation sites excluding steroid dienone is 2. The Morgan fingerprint density at radius 3 is 2.66 bits per heavy atom. The largest absolute Gasteiger partial charge is 0.392 e. The van der Waals surface area contributed by atoms with Gasteiger partial charge in [0.15, 0.2) is 0 Å². The Morgan fingerprint density at radius 1 is 1.10 bits per heavy atom. The predicted octanol–water partition coefficient (Wildman–Crippen LogP) is 4.60. The Morgan fingerprint density at radius 2 is 1.90 bits per heavy atom. The van der Waals surface area contributed by atoms with Gasteiger partial charge in [0, 0.05) is 5.92 Å². The van der Waals surface area contributed by atoms with Crippen LogP contribution >= 0.6 is 0 Å². The fourth-order valence-corrected chi connectivity index (χ4v) is 5.06. The average molecular weight is 398 g/mol. The average Bonchev–Trinajstić information content (AvgIpc) is 3.21. The number of aliphatic hydroxyl groups is 2. The number of unbranched alkanes of at least 4 members (excludes halogenated alkanes) is 2. The highest BCUT2D eigenvalue weighted by Gasteiger charge is 2.43. The first kappa shape index (κ1) is 22.3. The molecule has 0 aromatic heterocycles. The van der Waals surface area contributed by atoms with Gasteiger partial charge in [-0.1, -0.05) is 60.6 Å². The lowest BCUT2D eigenvalue weighted by atomic mass is 9.88. The molecule has 0 aliphatic heterocycles. The highest BCUT2D eigenvalue weighted by atomic mass is 16.3. The number of aryl methyl sites for hydroxylation is 1. The zero-order valence-electron chi connectivity index (χ0n) is 18.2. The molecule has 0 unspecified atom stereocenters. The normalized spacial score (nSPS) is 27.6. The van der Waals surface area contributed by atoms with Crippen molar-refractivity contribution < 1.29 is 10.2 Å². The molecule has 2 aliphatic rings. The Bertz CT molecular complexity index is 667. The summed E-state index contributed by atoms with van der Waals surface area (Å²) < 4.78 is 0. The van der Waals surface area contributed by atoms with Gasteiger partial charge in [-0.2, -0.15) is 0 Å². The number of hydrogen-bond donors (Lipinski definition) is 2. The topological polar surface area (TPSA) is 43.7 Å². The highest BCUT2D eigenvalue weighted by molar-refractivity contribution is 5.21. The van der Waals surface area contributed by atoms with Crippen LogP contribution < -0.4 is 0 Å². The molecule has 3 rings (SSSR count). The van der Waals surface area contributed by atoms with Crippen molar-refractivity contribution in [3.8, 4) is 0 Å². The Labute approximate surface area is 177 Å². The van der Waals surface area contributed by atoms with Crippen molar-refractivity contribution in [2.24, 2.45) is 17.8 Å². The third-order valence-electron chi connectivity index (χ3n) is 6.68. The first-order valence-corrected chi connectivity index (χ1v) is 11.5. The number of fused-ring (bicyclic) bond motifs is 1. The minimum absolute atomic E-state index is 0.189. The highest BCUT2D eigenvalue weighted by Crippen LogP contribution is 2.48. The van der Waals surface area contributed by atoms with E-state index in [1.54, 1.807) is 5.57 Å². The van der Waals surface area contributed by atoms with Crippen molar-refractivity contribution in [3.05, 3.63) is 59.7 Å². The van der Waals surface area contributed by atoms with Crippen molar-refractivity contribution in [1.82, 2.24) is 4.90 Å². The zero-order chi connectivity index (χ0) is 20.6. The smallest absolute Gasteiger partial charge is 0.0724 e. The number of aliphatic hydroxyl groups excluding tert-OH is 2. The van der Waals surface area contributed by atoms with Gasteiger partial charge in [-0.3, -0.25) is 0 Å². The van der Waals surface area contributed by atoms with E-state index in [1.807, 2.05) is 24.3 Å². The van der Waals surface area contributed by atoms with Crippen molar-refractivity contribution >= 4 is 0 Å². The zero-order valence-corrected chi connectivity index (χ0v) is 18.2. The first-order valence-electron chi connectivity index (χ1n) is 11.5. The molecule has 2 N–H and O–H groups in total. The quantitative estimate of drug-likeness (QED) is 0.424. The summed E-state index contributed by atoms with van der Waals surface area (Å²) in [5.74, 6) is 1.24. The van der Waals surface area contributed by atoms with Gasteiger partial charge < -0.3 is 15.1 Å². The summed E-state index contributed by atoms with van der Waals surface area (Å²) in [6, 6.07) is 10.3. The maximum absolute atomic E-state index is 10.5. The molecule has 0 amide bonds. The van der Waals surface area contributed by atoms with Crippen molar-refractivity contribution in [2.45, 2.75) is 63.6 Å². The minimum Gasteiger partial charge on any atom is -0.392 e. The molecule has 29 heavy (non-hydrogen) atoms. The van der Waals surface area contributed by atoms with Gasteiger partial charge in [0.25, 0.3) is 0 Å². The van der Waals surface area contributed by atoms with Crippen LogP contribution in [-0.2, 0) is 6.42 Å². The summed E-state index contributed by atoms with van der Waals surface area (Å²) in [5.41, 5.74) is 2.86. The fraction of sp³-hybridized carbons (Fsp3) is 0.615. The van der Waals surface area contributed by atoms with E-state index < -0.39 is 6.10 Å². The molecule has 1 saturated carbocycles. The van der Waals surface area contributed by atoms with Crippen LogP contribution in [0.15, 0.2) is 54.1 Å². The van der Waals surface area contributed by atoms with Crippen LogP contribution in [0.1, 0.15) is 50.5 Å². The summed E-state index contributed by atoms with van der Waals surface area (Å²) in [6.45, 7) is 1.18. The second kappa shape index (κ2) is 11.1. The van der Waals surface area contributed by atoms with Crippen molar-refractivity contribution in [3.63, 3.8) is 0 Å². The van der Waals surface area contributed by atoms with Crippen LogP contribution in [0, 0.1) is 17.8 Å². The molecule has 0 saturated heterocycles.